The molecule has 0 saturated carbocycles. The van der Waals surface area contributed by atoms with E-state index >= 15 is 0 Å². The number of rotatable bonds is 11. The van der Waals surface area contributed by atoms with Gasteiger partial charge in [0.2, 0.25) is 0 Å². The van der Waals surface area contributed by atoms with Crippen molar-refractivity contribution in [3.63, 3.8) is 0 Å². The number of aryl methyl sites for hydroxylation is 1. The predicted octanol–water partition coefficient (Wildman–Crippen LogP) is 8.82. The van der Waals surface area contributed by atoms with Gasteiger partial charge in [-0.3, -0.25) is 4.79 Å². The van der Waals surface area contributed by atoms with E-state index < -0.39 is 29.2 Å². The van der Waals surface area contributed by atoms with Crippen molar-refractivity contribution in [1.29, 1.82) is 0 Å². The highest BCUT2D eigenvalue weighted by molar-refractivity contribution is 5.76. The first kappa shape index (κ1) is 37.9. The van der Waals surface area contributed by atoms with Crippen molar-refractivity contribution in [2.75, 3.05) is 25.4 Å². The molecule has 1 aromatic rings. The van der Waals surface area contributed by atoms with Gasteiger partial charge in [0.25, 0.3) is 0 Å². The van der Waals surface area contributed by atoms with Crippen LogP contribution in [0.25, 0.3) is 0 Å². The number of benzene rings is 1. The summed E-state index contributed by atoms with van der Waals surface area (Å²) in [5.41, 5.74) is 0.536. The molecule has 38 heavy (non-hydrogen) atoms. The molecule has 10 heteroatoms. The molecule has 0 aliphatic carbocycles. The molecule has 0 amide bonds. The van der Waals surface area contributed by atoms with Gasteiger partial charge < -0.3 is 15.4 Å². The lowest BCUT2D eigenvalue weighted by atomic mass is 10.0. The number of halogens is 6. The van der Waals surface area contributed by atoms with E-state index in [1.807, 2.05) is 19.9 Å². The lowest BCUT2D eigenvalue weighted by Crippen LogP contribution is -2.34. The van der Waals surface area contributed by atoms with Crippen LogP contribution in [0, 0.1) is 6.92 Å². The number of carbonyl (C=O) groups is 1. The monoisotopic (exact) mass is 556 g/mol. The second-order valence-corrected chi connectivity index (χ2v) is 8.94. The van der Waals surface area contributed by atoms with Gasteiger partial charge in [-0.15, -0.1) is 0 Å². The highest BCUT2D eigenvalue weighted by Gasteiger charge is 2.40. The molecule has 222 valence electrons. The molecule has 0 aliphatic heterocycles. The fraction of sp³-hybridized carbons (Fsp3) is 0.679. The molecule has 0 aliphatic rings. The topological polar surface area (TPSA) is 55.6 Å². The number of carbonyl (C=O) groups excluding carboxylic acids is 1. The van der Waals surface area contributed by atoms with E-state index in [0.717, 1.165) is 25.1 Å². The molecule has 0 spiro atoms. The Labute approximate surface area is 224 Å². The summed E-state index contributed by atoms with van der Waals surface area (Å²) in [7, 11) is 0. The summed E-state index contributed by atoms with van der Waals surface area (Å²) >= 11 is 0. The zero-order valence-corrected chi connectivity index (χ0v) is 24.1. The summed E-state index contributed by atoms with van der Waals surface area (Å²) in [6.45, 7) is 18.3. The number of Topliss-reactive ketones (excluding diaryl/α,β-unsaturated/α-hetero) is 1. The Hall–Kier alpha value is -2.23. The van der Waals surface area contributed by atoms with Crippen molar-refractivity contribution in [2.45, 2.75) is 106 Å². The van der Waals surface area contributed by atoms with Gasteiger partial charge in [-0.1, -0.05) is 47.5 Å². The highest BCUT2D eigenvalue weighted by atomic mass is 19.4. The maximum absolute atomic E-state index is 12.3. The minimum Gasteiger partial charge on any atom is -0.491 e. The van der Waals surface area contributed by atoms with Crippen LogP contribution in [-0.4, -0.2) is 36.4 Å². The lowest BCUT2D eigenvalue weighted by Gasteiger charge is -2.29. The third-order valence-corrected chi connectivity index (χ3v) is 5.50. The SMILES string of the molecule is CC/C=C(\C)OCC(C)=O.CCCC(CCC)N(CC)CC.Cc1cc(C(F)(F)F)c(N)c(C(F)(F)F)c1. The smallest absolute Gasteiger partial charge is 0.418 e. The molecule has 0 atom stereocenters. The zero-order valence-electron chi connectivity index (χ0n) is 24.1. The summed E-state index contributed by atoms with van der Waals surface area (Å²) in [4.78, 5) is 13.0. The van der Waals surface area contributed by atoms with E-state index in [0.29, 0.717) is 12.1 Å². The number of nitrogen functional groups attached to an aromatic ring is 1. The first-order chi connectivity index (χ1) is 17.5. The summed E-state index contributed by atoms with van der Waals surface area (Å²) in [6, 6.07) is 2.02. The van der Waals surface area contributed by atoms with Crippen LogP contribution in [0.5, 0.6) is 0 Å². The number of ether oxygens (including phenoxy) is 1. The fourth-order valence-electron chi connectivity index (χ4n) is 3.74. The number of nitrogens with zero attached hydrogens (tertiary/aromatic N) is 1. The molecule has 4 nitrogen and oxygen atoms in total. The maximum Gasteiger partial charge on any atom is 0.418 e. The van der Waals surface area contributed by atoms with E-state index in [-0.39, 0.29) is 18.0 Å². The number of anilines is 1. The molecule has 0 fully saturated rings. The normalized spacial score (nSPS) is 12.1. The number of hydrogen-bond donors (Lipinski definition) is 1. The van der Waals surface area contributed by atoms with Crippen LogP contribution in [0.1, 0.15) is 97.3 Å². The van der Waals surface area contributed by atoms with Gasteiger partial charge in [-0.05, 0) is 76.9 Å². The van der Waals surface area contributed by atoms with Crippen molar-refractivity contribution in [2.24, 2.45) is 0 Å². The van der Waals surface area contributed by atoms with Gasteiger partial charge in [-0.2, -0.15) is 26.3 Å². The van der Waals surface area contributed by atoms with Crippen LogP contribution in [0.2, 0.25) is 0 Å². The zero-order chi connectivity index (χ0) is 30.1. The van der Waals surface area contributed by atoms with Crippen LogP contribution in [0.3, 0.4) is 0 Å². The summed E-state index contributed by atoms with van der Waals surface area (Å²) < 4.78 is 79.2. The minimum atomic E-state index is -4.89. The number of allylic oxidation sites excluding steroid dienone is 2. The molecule has 1 aromatic carbocycles. The Morgan fingerprint density at radius 2 is 1.34 bits per heavy atom. The third-order valence-electron chi connectivity index (χ3n) is 5.50. The summed E-state index contributed by atoms with van der Waals surface area (Å²) in [6.07, 6.45) is -1.51. The summed E-state index contributed by atoms with van der Waals surface area (Å²) in [5.74, 6) is 0.890. The van der Waals surface area contributed by atoms with Crippen molar-refractivity contribution in [3.8, 4) is 0 Å². The first-order valence-corrected chi connectivity index (χ1v) is 13.1. The Bertz CT molecular complexity index is 791. The van der Waals surface area contributed by atoms with Crippen LogP contribution in [0.15, 0.2) is 24.0 Å². The first-order valence-electron chi connectivity index (χ1n) is 13.1. The molecular weight excluding hydrogens is 510 g/mol. The Morgan fingerprint density at radius 3 is 1.63 bits per heavy atom. The number of hydrogen-bond acceptors (Lipinski definition) is 4. The second-order valence-electron chi connectivity index (χ2n) is 8.94. The van der Waals surface area contributed by atoms with Crippen molar-refractivity contribution >= 4 is 11.5 Å². The number of nitrogens with two attached hydrogens (primary N) is 1. The van der Waals surface area contributed by atoms with Gasteiger partial charge in [0, 0.05) is 6.04 Å². The largest absolute Gasteiger partial charge is 0.491 e. The molecule has 1 rings (SSSR count). The predicted molar refractivity (Wildman–Crippen MR) is 143 cm³/mol. The molecule has 0 heterocycles. The molecule has 0 aromatic heterocycles. The minimum absolute atomic E-state index is 0.0591. The molecular formula is C28H46F6N2O2. The van der Waals surface area contributed by atoms with Crippen molar-refractivity contribution in [3.05, 3.63) is 40.7 Å². The molecule has 2 N–H and O–H groups in total. The Kier molecular flexibility index (Phi) is 18.9. The van der Waals surface area contributed by atoms with Crippen molar-refractivity contribution in [1.82, 2.24) is 4.90 Å². The molecule has 0 radical (unpaired) electrons. The summed E-state index contributed by atoms with van der Waals surface area (Å²) in [5, 5.41) is 0. The van der Waals surface area contributed by atoms with Crippen molar-refractivity contribution < 1.29 is 35.9 Å². The third kappa shape index (κ3) is 15.9. The lowest BCUT2D eigenvalue weighted by molar-refractivity contribution is -0.141. The fourth-order valence-corrected chi connectivity index (χ4v) is 3.74. The van der Waals surface area contributed by atoms with E-state index in [4.69, 9.17) is 10.5 Å². The van der Waals surface area contributed by atoms with Crippen LogP contribution in [-0.2, 0) is 21.9 Å². The van der Waals surface area contributed by atoms with E-state index in [2.05, 4.69) is 32.6 Å². The van der Waals surface area contributed by atoms with Crippen LogP contribution < -0.4 is 5.73 Å². The quantitative estimate of drug-likeness (QED) is 0.168. The maximum atomic E-state index is 12.3. The number of alkyl halides is 6. The Morgan fingerprint density at radius 1 is 0.921 bits per heavy atom. The van der Waals surface area contributed by atoms with Gasteiger partial charge in [0.15, 0.2) is 5.78 Å². The molecule has 0 bridgehead atoms. The van der Waals surface area contributed by atoms with Gasteiger partial charge in [0.1, 0.15) is 6.61 Å². The van der Waals surface area contributed by atoms with Crippen LogP contribution >= 0.6 is 0 Å². The van der Waals surface area contributed by atoms with Gasteiger partial charge in [-0.25, -0.2) is 0 Å². The molecule has 0 unspecified atom stereocenters. The average Bonchev–Trinajstić information content (AvgIpc) is 2.80. The second kappa shape index (κ2) is 18.9. The standard InChI is InChI=1S/C11H25N.C9H7F6N.C8H14O2/c1-5-9-11(10-6-2)12(7-3)8-4;1-4-2-5(8(10,11)12)7(16)6(3-4)9(13,14)15;1-4-5-8(3)10-6-7(2)9/h11H,5-10H2,1-4H3;2-3H,16H2,1H3;5H,4,6H2,1-3H3/b;;8-5+. The Balaban J connectivity index is 0. The van der Waals surface area contributed by atoms with Gasteiger partial charge >= 0.3 is 12.4 Å². The van der Waals surface area contributed by atoms with Gasteiger partial charge in [0.05, 0.1) is 22.6 Å². The van der Waals surface area contributed by atoms with E-state index in [1.165, 1.54) is 45.7 Å². The highest BCUT2D eigenvalue weighted by Crippen LogP contribution is 2.41. The average molecular weight is 557 g/mol. The van der Waals surface area contributed by atoms with E-state index in [9.17, 15) is 31.1 Å². The molecule has 0 saturated heterocycles. The number of ketones is 1. The van der Waals surface area contributed by atoms with E-state index in [1.54, 1.807) is 0 Å². The van der Waals surface area contributed by atoms with Crippen LogP contribution in [0.4, 0.5) is 32.0 Å².